The van der Waals surface area contributed by atoms with Gasteiger partial charge in [0.25, 0.3) is 0 Å². The summed E-state index contributed by atoms with van der Waals surface area (Å²) in [5.41, 5.74) is 12.5. The van der Waals surface area contributed by atoms with Gasteiger partial charge in [-0.1, -0.05) is 129 Å². The van der Waals surface area contributed by atoms with Crippen LogP contribution in [0.3, 0.4) is 0 Å². The average molecular weight is 667 g/mol. The predicted octanol–water partition coefficient (Wildman–Crippen LogP) is 14.5. The number of fused-ring (bicyclic) bond motifs is 10. The maximum Gasteiger partial charge on any atom is 0.135 e. The molecule has 1 nitrogen and oxygen atoms in total. The smallest absolute Gasteiger partial charge is 0.135 e. The molecule has 0 fully saturated rings. The highest BCUT2D eigenvalue weighted by Gasteiger charge is 2.37. The molecule has 0 amide bonds. The van der Waals surface area contributed by atoms with Crippen LogP contribution < -0.4 is 0 Å². The van der Waals surface area contributed by atoms with Crippen molar-refractivity contribution >= 4 is 85.8 Å². The molecule has 0 bridgehead atoms. The minimum atomic E-state index is -0.0296. The van der Waals surface area contributed by atoms with E-state index in [0.717, 1.165) is 21.9 Å². The molecule has 238 valence electrons. The fourth-order valence-corrected chi connectivity index (χ4v) is 10.8. The van der Waals surface area contributed by atoms with Gasteiger partial charge in [0.15, 0.2) is 0 Å². The van der Waals surface area contributed by atoms with Crippen LogP contribution in [-0.4, -0.2) is 0 Å². The van der Waals surface area contributed by atoms with Gasteiger partial charge in [0.2, 0.25) is 0 Å². The van der Waals surface area contributed by atoms with E-state index in [-0.39, 0.29) is 5.41 Å². The molecule has 0 radical (unpaired) electrons. The van der Waals surface area contributed by atoms with Crippen molar-refractivity contribution in [3.8, 4) is 33.4 Å². The summed E-state index contributed by atoms with van der Waals surface area (Å²) in [5.74, 6) is 0. The molecule has 11 aromatic rings. The van der Waals surface area contributed by atoms with E-state index in [9.17, 15) is 0 Å². The Balaban J connectivity index is 1.06. The number of para-hydroxylation sites is 1. The van der Waals surface area contributed by atoms with Crippen LogP contribution in [0.15, 0.2) is 150 Å². The van der Waals surface area contributed by atoms with Crippen LogP contribution in [0.25, 0.3) is 108 Å². The van der Waals surface area contributed by atoms with Crippen molar-refractivity contribution in [1.29, 1.82) is 0 Å². The summed E-state index contributed by atoms with van der Waals surface area (Å²) in [6.07, 6.45) is 0. The van der Waals surface area contributed by atoms with Gasteiger partial charge in [-0.25, -0.2) is 0 Å². The SMILES string of the molecule is CC1(C)c2ccccc2-c2ccc3c(sc4ccc(-c5ccc6ccc7c(-c8ccc9oc%10ccccc%10c9c8)ccc8ccc5c6c87)cc43)c21. The topological polar surface area (TPSA) is 13.1 Å². The number of hydrogen-bond donors (Lipinski definition) is 0. The van der Waals surface area contributed by atoms with Gasteiger partial charge < -0.3 is 4.42 Å². The monoisotopic (exact) mass is 666 g/mol. The highest BCUT2D eigenvalue weighted by atomic mass is 32.1. The van der Waals surface area contributed by atoms with Gasteiger partial charge in [-0.3, -0.25) is 0 Å². The first-order valence-corrected chi connectivity index (χ1v) is 18.6. The zero-order valence-corrected chi connectivity index (χ0v) is 29.0. The Labute approximate surface area is 298 Å². The van der Waals surface area contributed by atoms with Crippen molar-refractivity contribution in [3.05, 3.63) is 157 Å². The van der Waals surface area contributed by atoms with E-state index in [0.29, 0.717) is 0 Å². The summed E-state index contributed by atoms with van der Waals surface area (Å²) >= 11 is 1.95. The average Bonchev–Trinajstić information content (AvgIpc) is 3.80. The van der Waals surface area contributed by atoms with Crippen LogP contribution in [0.5, 0.6) is 0 Å². The molecule has 12 rings (SSSR count). The standard InChI is InChI=1S/C49H30OS/c1-49(2)41-9-5-3-7-33(41)37-21-22-38-40-26-30(16-24-44(40)51-48(38)47(37)49)32-18-12-28-13-19-35-31(17-11-27-14-20-36(32)46(28)45(27)35)29-15-23-43-39(25-29)34-8-4-6-10-42(34)50-43/h3-26H,1-2H3. The lowest BCUT2D eigenvalue weighted by atomic mass is 9.82. The van der Waals surface area contributed by atoms with Crippen LogP contribution in [0.4, 0.5) is 0 Å². The molecular weight excluding hydrogens is 637 g/mol. The summed E-state index contributed by atoms with van der Waals surface area (Å²) in [4.78, 5) is 0. The van der Waals surface area contributed by atoms with E-state index in [1.807, 2.05) is 23.5 Å². The van der Waals surface area contributed by atoms with Crippen LogP contribution in [0, 0.1) is 0 Å². The van der Waals surface area contributed by atoms with Gasteiger partial charge in [-0.2, -0.15) is 0 Å². The molecule has 51 heavy (non-hydrogen) atoms. The molecule has 0 saturated heterocycles. The molecular formula is C49H30OS. The Hall–Kier alpha value is -5.96. The molecule has 0 spiro atoms. The number of rotatable bonds is 2. The Kier molecular flexibility index (Phi) is 5.25. The summed E-state index contributed by atoms with van der Waals surface area (Å²) in [7, 11) is 0. The number of benzene rings is 9. The third-order valence-electron chi connectivity index (χ3n) is 11.8. The number of furan rings is 1. The number of hydrogen-bond acceptors (Lipinski definition) is 2. The quantitative estimate of drug-likeness (QED) is 0.167. The zero-order valence-electron chi connectivity index (χ0n) is 28.2. The van der Waals surface area contributed by atoms with E-state index in [4.69, 9.17) is 4.42 Å². The first kappa shape index (κ1) is 27.8. The van der Waals surface area contributed by atoms with Crippen LogP contribution in [0.1, 0.15) is 25.0 Å². The minimum absolute atomic E-state index is 0.0296. The largest absolute Gasteiger partial charge is 0.456 e. The third kappa shape index (κ3) is 3.60. The molecule has 1 aliphatic carbocycles. The second-order valence-electron chi connectivity index (χ2n) is 14.8. The van der Waals surface area contributed by atoms with Gasteiger partial charge in [-0.05, 0) is 107 Å². The van der Waals surface area contributed by atoms with Crippen molar-refractivity contribution < 1.29 is 4.42 Å². The van der Waals surface area contributed by atoms with E-state index in [1.54, 1.807) is 0 Å². The molecule has 1 aliphatic rings. The summed E-state index contributed by atoms with van der Waals surface area (Å²) in [6.45, 7) is 4.78. The molecule has 2 aromatic heterocycles. The first-order valence-electron chi connectivity index (χ1n) is 17.8. The fraction of sp³-hybridized carbons (Fsp3) is 0.0612. The predicted molar refractivity (Wildman–Crippen MR) is 219 cm³/mol. The minimum Gasteiger partial charge on any atom is -0.456 e. The van der Waals surface area contributed by atoms with Gasteiger partial charge in [0.1, 0.15) is 11.2 Å². The van der Waals surface area contributed by atoms with E-state index in [2.05, 4.69) is 147 Å². The van der Waals surface area contributed by atoms with Gasteiger partial charge in [0, 0.05) is 36.4 Å². The highest BCUT2D eigenvalue weighted by molar-refractivity contribution is 7.26. The Bertz CT molecular complexity index is 3280. The molecule has 0 N–H and O–H groups in total. The van der Waals surface area contributed by atoms with Crippen LogP contribution in [-0.2, 0) is 5.41 Å². The Morgan fingerprint density at radius 1 is 0.451 bits per heavy atom. The van der Waals surface area contributed by atoms with E-state index < -0.39 is 0 Å². The van der Waals surface area contributed by atoms with Crippen molar-refractivity contribution in [2.75, 3.05) is 0 Å². The van der Waals surface area contributed by atoms with E-state index in [1.165, 1.54) is 97.0 Å². The van der Waals surface area contributed by atoms with Crippen LogP contribution >= 0.6 is 11.3 Å². The molecule has 2 heterocycles. The lowest BCUT2D eigenvalue weighted by Gasteiger charge is -2.22. The van der Waals surface area contributed by atoms with Gasteiger partial charge in [0.05, 0.1) is 0 Å². The zero-order chi connectivity index (χ0) is 33.6. The van der Waals surface area contributed by atoms with Gasteiger partial charge >= 0.3 is 0 Å². The van der Waals surface area contributed by atoms with Crippen molar-refractivity contribution in [3.63, 3.8) is 0 Å². The Morgan fingerprint density at radius 3 is 1.84 bits per heavy atom. The third-order valence-corrected chi connectivity index (χ3v) is 13.0. The summed E-state index contributed by atoms with van der Waals surface area (Å²) in [6, 6.07) is 54.3. The first-order chi connectivity index (χ1) is 25.0. The lowest BCUT2D eigenvalue weighted by Crippen LogP contribution is -2.14. The Morgan fingerprint density at radius 2 is 1.06 bits per heavy atom. The maximum atomic E-state index is 6.17. The summed E-state index contributed by atoms with van der Waals surface area (Å²) < 4.78 is 8.93. The van der Waals surface area contributed by atoms with Crippen molar-refractivity contribution in [2.24, 2.45) is 0 Å². The maximum absolute atomic E-state index is 6.17. The molecule has 2 heteroatoms. The van der Waals surface area contributed by atoms with Gasteiger partial charge in [-0.15, -0.1) is 11.3 Å². The van der Waals surface area contributed by atoms with Crippen molar-refractivity contribution in [1.82, 2.24) is 0 Å². The fourth-order valence-electron chi connectivity index (χ4n) is 9.45. The molecule has 9 aromatic carbocycles. The van der Waals surface area contributed by atoms with Crippen molar-refractivity contribution in [2.45, 2.75) is 19.3 Å². The molecule has 0 unspecified atom stereocenters. The summed E-state index contributed by atoms with van der Waals surface area (Å²) in [5, 5.41) is 12.8. The second kappa shape index (κ2) is 9.63. The van der Waals surface area contributed by atoms with E-state index >= 15 is 0 Å². The highest BCUT2D eigenvalue weighted by Crippen LogP contribution is 2.54. The molecule has 0 aliphatic heterocycles. The molecule has 0 atom stereocenters. The number of thiophene rings is 1. The lowest BCUT2D eigenvalue weighted by molar-refractivity contribution is 0.667. The normalized spacial score (nSPS) is 13.8. The van der Waals surface area contributed by atoms with Crippen LogP contribution in [0.2, 0.25) is 0 Å². The second-order valence-corrected chi connectivity index (χ2v) is 15.9. The molecule has 0 saturated carbocycles.